The molecule has 1 aliphatic rings. The van der Waals surface area contributed by atoms with E-state index in [1.54, 1.807) is 14.2 Å². The molecule has 1 aliphatic heterocycles. The van der Waals surface area contributed by atoms with Gasteiger partial charge in [-0.15, -0.1) is 0 Å². The van der Waals surface area contributed by atoms with Crippen LogP contribution in [-0.2, 0) is 0 Å². The Morgan fingerprint density at radius 3 is 2.42 bits per heavy atom. The summed E-state index contributed by atoms with van der Waals surface area (Å²) in [7, 11) is 3.36. The fourth-order valence-corrected chi connectivity index (χ4v) is 2.40. The van der Waals surface area contributed by atoms with Crippen molar-refractivity contribution in [1.82, 2.24) is 4.90 Å². The molecule has 0 bridgehead atoms. The van der Waals surface area contributed by atoms with E-state index in [1.807, 2.05) is 18.2 Å². The Kier molecular flexibility index (Phi) is 4.87. The second-order valence-corrected chi connectivity index (χ2v) is 4.59. The number of rotatable bonds is 5. The van der Waals surface area contributed by atoms with E-state index in [1.165, 1.54) is 0 Å². The highest BCUT2D eigenvalue weighted by Crippen LogP contribution is 2.32. The van der Waals surface area contributed by atoms with Crippen molar-refractivity contribution in [3.63, 3.8) is 0 Å². The summed E-state index contributed by atoms with van der Waals surface area (Å²) in [5.41, 5.74) is 1.07. The number of methoxy groups -OCH3 is 2. The van der Waals surface area contributed by atoms with Crippen molar-refractivity contribution in [3.05, 3.63) is 18.2 Å². The highest BCUT2D eigenvalue weighted by atomic mass is 16.5. The molecule has 0 amide bonds. The Labute approximate surface area is 114 Å². The van der Waals surface area contributed by atoms with Crippen LogP contribution in [0.1, 0.15) is 0 Å². The maximum Gasteiger partial charge on any atom is 0.142 e. The average Bonchev–Trinajstić information content (AvgIpc) is 2.47. The van der Waals surface area contributed by atoms with Crippen LogP contribution in [-0.4, -0.2) is 63.6 Å². The molecule has 1 heterocycles. The van der Waals surface area contributed by atoms with Crippen LogP contribution in [0.25, 0.3) is 0 Å². The zero-order valence-corrected chi connectivity index (χ0v) is 11.6. The van der Waals surface area contributed by atoms with Crippen LogP contribution < -0.4 is 14.4 Å². The van der Waals surface area contributed by atoms with Crippen molar-refractivity contribution in [2.45, 2.75) is 0 Å². The maximum absolute atomic E-state index is 8.96. The van der Waals surface area contributed by atoms with Crippen molar-refractivity contribution in [1.29, 1.82) is 0 Å². The van der Waals surface area contributed by atoms with Gasteiger partial charge in [-0.25, -0.2) is 0 Å². The van der Waals surface area contributed by atoms with Crippen molar-refractivity contribution in [2.75, 3.05) is 58.5 Å². The normalized spacial score (nSPS) is 16.5. The van der Waals surface area contributed by atoms with Gasteiger partial charge < -0.3 is 19.5 Å². The number of β-amino-alcohol motifs (C(OH)–C–C–N with tert-alkyl or cyclic N) is 1. The van der Waals surface area contributed by atoms with E-state index in [4.69, 9.17) is 14.6 Å². The average molecular weight is 266 g/mol. The number of ether oxygens (including phenoxy) is 2. The van der Waals surface area contributed by atoms with E-state index < -0.39 is 0 Å². The molecule has 1 N–H and O–H groups in total. The lowest BCUT2D eigenvalue weighted by molar-refractivity contribution is 0.188. The molecule has 0 saturated carbocycles. The first-order valence-corrected chi connectivity index (χ1v) is 6.58. The quantitative estimate of drug-likeness (QED) is 0.855. The predicted octanol–water partition coefficient (Wildman–Crippen LogP) is 0.818. The molecule has 0 aromatic heterocycles. The van der Waals surface area contributed by atoms with E-state index >= 15 is 0 Å². The summed E-state index contributed by atoms with van der Waals surface area (Å²) in [6, 6.07) is 5.86. The van der Waals surface area contributed by atoms with Gasteiger partial charge in [0.1, 0.15) is 11.5 Å². The Balaban J connectivity index is 2.09. The lowest BCUT2D eigenvalue weighted by Crippen LogP contribution is -2.47. The second-order valence-electron chi connectivity index (χ2n) is 4.59. The van der Waals surface area contributed by atoms with E-state index in [2.05, 4.69) is 9.80 Å². The summed E-state index contributed by atoms with van der Waals surface area (Å²) >= 11 is 0. The van der Waals surface area contributed by atoms with E-state index in [0.717, 1.165) is 49.9 Å². The van der Waals surface area contributed by atoms with Crippen LogP contribution in [0.15, 0.2) is 18.2 Å². The molecule has 1 aromatic carbocycles. The van der Waals surface area contributed by atoms with Crippen LogP contribution in [0.2, 0.25) is 0 Å². The lowest BCUT2D eigenvalue weighted by Gasteiger charge is -2.36. The minimum atomic E-state index is 0.225. The number of nitrogens with zero attached hydrogens (tertiary/aromatic N) is 2. The number of piperazine rings is 1. The standard InChI is InChI=1S/C14H22N2O3/c1-18-12-3-4-14(19-2)13(11-12)16-7-5-15(6-8-16)9-10-17/h3-4,11,17H,5-10H2,1-2H3. The molecule has 106 valence electrons. The van der Waals surface area contributed by atoms with Gasteiger partial charge in [-0.3, -0.25) is 4.90 Å². The maximum atomic E-state index is 8.96. The zero-order valence-electron chi connectivity index (χ0n) is 11.6. The number of aliphatic hydroxyl groups excluding tert-OH is 1. The molecule has 0 aliphatic carbocycles. The first kappa shape index (κ1) is 14.0. The van der Waals surface area contributed by atoms with Gasteiger partial charge in [-0.2, -0.15) is 0 Å². The third-order valence-electron chi connectivity index (χ3n) is 3.52. The molecule has 5 nitrogen and oxygen atoms in total. The first-order valence-electron chi connectivity index (χ1n) is 6.58. The number of hydrogen-bond donors (Lipinski definition) is 1. The Hall–Kier alpha value is -1.46. The van der Waals surface area contributed by atoms with Gasteiger partial charge in [0.15, 0.2) is 0 Å². The highest BCUT2D eigenvalue weighted by Gasteiger charge is 2.19. The van der Waals surface area contributed by atoms with Crippen molar-refractivity contribution in [2.24, 2.45) is 0 Å². The molecule has 1 fully saturated rings. The molecular weight excluding hydrogens is 244 g/mol. The number of aliphatic hydroxyl groups is 1. The summed E-state index contributed by atoms with van der Waals surface area (Å²) in [6.07, 6.45) is 0. The largest absolute Gasteiger partial charge is 0.497 e. The van der Waals surface area contributed by atoms with Gasteiger partial charge in [0.05, 0.1) is 26.5 Å². The van der Waals surface area contributed by atoms with Crippen LogP contribution in [0.5, 0.6) is 11.5 Å². The predicted molar refractivity (Wildman–Crippen MR) is 75.3 cm³/mol. The highest BCUT2D eigenvalue weighted by molar-refractivity contribution is 5.62. The van der Waals surface area contributed by atoms with Gasteiger partial charge in [-0.05, 0) is 12.1 Å². The minimum Gasteiger partial charge on any atom is -0.497 e. The van der Waals surface area contributed by atoms with Gasteiger partial charge in [0.2, 0.25) is 0 Å². The number of anilines is 1. The van der Waals surface area contributed by atoms with Crippen molar-refractivity contribution in [3.8, 4) is 11.5 Å². The molecule has 0 atom stereocenters. The van der Waals surface area contributed by atoms with Crippen LogP contribution in [0.3, 0.4) is 0 Å². The molecule has 0 spiro atoms. The van der Waals surface area contributed by atoms with Gasteiger partial charge in [0, 0.05) is 38.8 Å². The van der Waals surface area contributed by atoms with E-state index in [0.29, 0.717) is 0 Å². The summed E-state index contributed by atoms with van der Waals surface area (Å²) in [6.45, 7) is 4.76. The molecule has 1 aromatic rings. The summed E-state index contributed by atoms with van der Waals surface area (Å²) < 4.78 is 10.7. The number of hydrogen-bond acceptors (Lipinski definition) is 5. The van der Waals surface area contributed by atoms with Crippen LogP contribution in [0.4, 0.5) is 5.69 Å². The van der Waals surface area contributed by atoms with Crippen LogP contribution >= 0.6 is 0 Å². The number of benzene rings is 1. The molecule has 19 heavy (non-hydrogen) atoms. The fourth-order valence-electron chi connectivity index (χ4n) is 2.40. The summed E-state index contributed by atoms with van der Waals surface area (Å²) in [5, 5.41) is 8.96. The summed E-state index contributed by atoms with van der Waals surface area (Å²) in [5.74, 6) is 1.71. The Bertz CT molecular complexity index is 404. The van der Waals surface area contributed by atoms with E-state index in [9.17, 15) is 0 Å². The van der Waals surface area contributed by atoms with Crippen molar-refractivity contribution >= 4 is 5.69 Å². The Morgan fingerprint density at radius 1 is 1.11 bits per heavy atom. The zero-order chi connectivity index (χ0) is 13.7. The second kappa shape index (κ2) is 6.63. The Morgan fingerprint density at radius 2 is 1.84 bits per heavy atom. The summed E-state index contributed by atoms with van der Waals surface area (Å²) in [4.78, 5) is 4.57. The lowest BCUT2D eigenvalue weighted by atomic mass is 10.2. The van der Waals surface area contributed by atoms with Gasteiger partial charge in [-0.1, -0.05) is 0 Å². The van der Waals surface area contributed by atoms with E-state index in [-0.39, 0.29) is 6.61 Å². The molecule has 2 rings (SSSR count). The van der Waals surface area contributed by atoms with Crippen molar-refractivity contribution < 1.29 is 14.6 Å². The molecular formula is C14H22N2O3. The van der Waals surface area contributed by atoms with Gasteiger partial charge >= 0.3 is 0 Å². The SMILES string of the molecule is COc1ccc(OC)c(N2CCN(CCO)CC2)c1. The smallest absolute Gasteiger partial charge is 0.142 e. The van der Waals surface area contributed by atoms with Crippen LogP contribution in [0, 0.1) is 0 Å². The third-order valence-corrected chi connectivity index (χ3v) is 3.52. The molecule has 0 radical (unpaired) electrons. The van der Waals surface area contributed by atoms with Gasteiger partial charge in [0.25, 0.3) is 0 Å². The molecule has 5 heteroatoms. The fraction of sp³-hybridized carbons (Fsp3) is 0.571. The monoisotopic (exact) mass is 266 g/mol. The minimum absolute atomic E-state index is 0.225. The molecule has 0 unspecified atom stereocenters. The third kappa shape index (κ3) is 3.30. The topological polar surface area (TPSA) is 45.2 Å². The molecule has 1 saturated heterocycles. The first-order chi connectivity index (χ1) is 9.28.